The molecule has 0 fully saturated rings. The van der Waals surface area contributed by atoms with E-state index in [4.69, 9.17) is 9.84 Å². The van der Waals surface area contributed by atoms with E-state index in [1.54, 1.807) is 12.1 Å². The van der Waals surface area contributed by atoms with Crippen molar-refractivity contribution >= 4 is 11.9 Å². The van der Waals surface area contributed by atoms with E-state index in [-0.39, 0.29) is 37.6 Å². The van der Waals surface area contributed by atoms with Crippen LogP contribution in [0.4, 0.5) is 4.39 Å². The van der Waals surface area contributed by atoms with Gasteiger partial charge in [-0.2, -0.15) is 0 Å². The van der Waals surface area contributed by atoms with Gasteiger partial charge in [0, 0.05) is 13.0 Å². The third-order valence-electron chi connectivity index (χ3n) is 2.30. The fraction of sp³-hybridized carbons (Fsp3) is 0.385. The summed E-state index contributed by atoms with van der Waals surface area (Å²) in [6.07, 6.45) is 0.554. The number of ether oxygens (including phenoxy) is 1. The SMILES string of the molecule is O=C(O)CCNC(=O)CCCOc1ccccc1F. The molecule has 0 aliphatic rings. The molecule has 0 atom stereocenters. The first-order valence-corrected chi connectivity index (χ1v) is 5.95. The molecule has 0 aliphatic heterocycles. The van der Waals surface area contributed by atoms with Gasteiger partial charge in [-0.1, -0.05) is 12.1 Å². The van der Waals surface area contributed by atoms with E-state index in [0.29, 0.717) is 6.42 Å². The summed E-state index contributed by atoms with van der Waals surface area (Å²) >= 11 is 0. The van der Waals surface area contributed by atoms with E-state index in [9.17, 15) is 14.0 Å². The van der Waals surface area contributed by atoms with Crippen molar-refractivity contribution in [3.63, 3.8) is 0 Å². The number of carboxylic acid groups (broad SMARTS) is 1. The minimum Gasteiger partial charge on any atom is -0.491 e. The van der Waals surface area contributed by atoms with Gasteiger partial charge in [0.1, 0.15) is 0 Å². The third-order valence-corrected chi connectivity index (χ3v) is 2.30. The molecule has 0 heterocycles. The molecule has 2 N–H and O–H groups in total. The summed E-state index contributed by atoms with van der Waals surface area (Å²) in [5, 5.41) is 10.9. The van der Waals surface area contributed by atoms with Crippen molar-refractivity contribution in [1.29, 1.82) is 0 Å². The fourth-order valence-corrected chi connectivity index (χ4v) is 1.37. The lowest BCUT2D eigenvalue weighted by Gasteiger charge is -2.07. The maximum Gasteiger partial charge on any atom is 0.305 e. The Morgan fingerprint density at radius 2 is 2.00 bits per heavy atom. The number of rotatable bonds is 8. The van der Waals surface area contributed by atoms with E-state index in [2.05, 4.69) is 5.32 Å². The highest BCUT2D eigenvalue weighted by atomic mass is 19.1. The van der Waals surface area contributed by atoms with Crippen LogP contribution in [0.3, 0.4) is 0 Å². The Morgan fingerprint density at radius 1 is 1.26 bits per heavy atom. The lowest BCUT2D eigenvalue weighted by molar-refractivity contribution is -0.136. The van der Waals surface area contributed by atoms with Crippen molar-refractivity contribution < 1.29 is 23.8 Å². The summed E-state index contributed by atoms with van der Waals surface area (Å²) in [7, 11) is 0. The smallest absolute Gasteiger partial charge is 0.305 e. The Balaban J connectivity index is 2.12. The molecule has 0 unspecified atom stereocenters. The van der Waals surface area contributed by atoms with E-state index in [0.717, 1.165) is 0 Å². The Labute approximate surface area is 110 Å². The first-order valence-electron chi connectivity index (χ1n) is 5.95. The molecule has 104 valence electrons. The van der Waals surface area contributed by atoms with Gasteiger partial charge in [-0.15, -0.1) is 0 Å². The van der Waals surface area contributed by atoms with E-state index >= 15 is 0 Å². The van der Waals surface area contributed by atoms with Crippen LogP contribution in [0.5, 0.6) is 5.75 Å². The van der Waals surface area contributed by atoms with Crippen molar-refractivity contribution in [3.8, 4) is 5.75 Å². The van der Waals surface area contributed by atoms with Crippen molar-refractivity contribution in [2.45, 2.75) is 19.3 Å². The number of para-hydroxylation sites is 1. The van der Waals surface area contributed by atoms with Crippen LogP contribution in [-0.4, -0.2) is 30.1 Å². The van der Waals surface area contributed by atoms with Gasteiger partial charge in [-0.05, 0) is 18.6 Å². The second kappa shape index (κ2) is 8.07. The Bertz CT molecular complexity index is 436. The largest absolute Gasteiger partial charge is 0.491 e. The van der Waals surface area contributed by atoms with E-state index in [1.807, 2.05) is 0 Å². The molecule has 5 nitrogen and oxygen atoms in total. The summed E-state index contributed by atoms with van der Waals surface area (Å²) in [6, 6.07) is 6.05. The normalized spacial score (nSPS) is 9.95. The minimum atomic E-state index is -0.955. The van der Waals surface area contributed by atoms with Gasteiger partial charge >= 0.3 is 5.97 Å². The number of benzene rings is 1. The molecular formula is C13H16FNO4. The number of carboxylic acids is 1. The number of carbonyl (C=O) groups excluding carboxylic acids is 1. The molecule has 1 amide bonds. The van der Waals surface area contributed by atoms with Crippen LogP contribution in [0.25, 0.3) is 0 Å². The minimum absolute atomic E-state index is 0.0997. The summed E-state index contributed by atoms with van der Waals surface area (Å²) in [5.41, 5.74) is 0. The van der Waals surface area contributed by atoms with Gasteiger partial charge in [-0.25, -0.2) is 4.39 Å². The van der Waals surface area contributed by atoms with Crippen LogP contribution in [0.15, 0.2) is 24.3 Å². The predicted octanol–water partition coefficient (Wildman–Crippen LogP) is 1.58. The zero-order valence-electron chi connectivity index (χ0n) is 10.4. The molecule has 0 radical (unpaired) electrons. The molecule has 1 aromatic carbocycles. The number of nitrogens with one attached hydrogen (secondary N) is 1. The van der Waals surface area contributed by atoms with Gasteiger partial charge in [0.25, 0.3) is 0 Å². The molecule has 6 heteroatoms. The Kier molecular flexibility index (Phi) is 6.35. The summed E-state index contributed by atoms with van der Waals surface area (Å²) in [5.74, 6) is -1.47. The van der Waals surface area contributed by atoms with Crippen molar-refractivity contribution in [2.24, 2.45) is 0 Å². The molecular weight excluding hydrogens is 253 g/mol. The average Bonchev–Trinajstić information content (AvgIpc) is 2.36. The molecule has 0 spiro atoms. The van der Waals surface area contributed by atoms with Gasteiger partial charge in [0.15, 0.2) is 11.6 Å². The zero-order chi connectivity index (χ0) is 14.1. The van der Waals surface area contributed by atoms with Crippen molar-refractivity contribution in [2.75, 3.05) is 13.2 Å². The predicted molar refractivity (Wildman–Crippen MR) is 66.4 cm³/mol. The second-order valence-electron chi connectivity index (χ2n) is 3.88. The number of hydrogen-bond donors (Lipinski definition) is 2. The maximum absolute atomic E-state index is 13.2. The highest BCUT2D eigenvalue weighted by Gasteiger charge is 2.04. The highest BCUT2D eigenvalue weighted by molar-refractivity contribution is 5.76. The average molecular weight is 269 g/mol. The lowest BCUT2D eigenvalue weighted by Crippen LogP contribution is -2.26. The van der Waals surface area contributed by atoms with Crippen LogP contribution < -0.4 is 10.1 Å². The number of hydrogen-bond acceptors (Lipinski definition) is 3. The number of halogens is 1. The van der Waals surface area contributed by atoms with Crippen molar-refractivity contribution in [1.82, 2.24) is 5.32 Å². The van der Waals surface area contributed by atoms with Crippen LogP contribution in [0.2, 0.25) is 0 Å². The number of amides is 1. The Morgan fingerprint density at radius 3 is 2.68 bits per heavy atom. The lowest BCUT2D eigenvalue weighted by atomic mass is 10.3. The van der Waals surface area contributed by atoms with Gasteiger partial charge in [0.05, 0.1) is 13.0 Å². The summed E-state index contributed by atoms with van der Waals surface area (Å²) in [4.78, 5) is 21.5. The van der Waals surface area contributed by atoms with Crippen LogP contribution in [0.1, 0.15) is 19.3 Å². The Hall–Kier alpha value is -2.11. The second-order valence-corrected chi connectivity index (χ2v) is 3.88. The number of aliphatic carboxylic acids is 1. The molecule has 1 rings (SSSR count). The molecule has 0 aliphatic carbocycles. The van der Waals surface area contributed by atoms with Gasteiger partial charge in [-0.3, -0.25) is 9.59 Å². The first-order chi connectivity index (χ1) is 9.09. The summed E-state index contributed by atoms with van der Waals surface area (Å²) < 4.78 is 18.3. The molecule has 0 aromatic heterocycles. The monoisotopic (exact) mass is 269 g/mol. The molecule has 0 bridgehead atoms. The van der Waals surface area contributed by atoms with Crippen molar-refractivity contribution in [3.05, 3.63) is 30.1 Å². The third kappa shape index (κ3) is 6.40. The van der Waals surface area contributed by atoms with Gasteiger partial charge in [0.2, 0.25) is 5.91 Å². The molecule has 0 saturated heterocycles. The van der Waals surface area contributed by atoms with Gasteiger partial charge < -0.3 is 15.2 Å². The quantitative estimate of drug-likeness (QED) is 0.702. The molecule has 19 heavy (non-hydrogen) atoms. The van der Waals surface area contributed by atoms with Crippen LogP contribution in [0, 0.1) is 5.82 Å². The standard InChI is InChI=1S/C13H16FNO4/c14-10-4-1-2-5-11(10)19-9-3-6-12(16)15-8-7-13(17)18/h1-2,4-5H,3,6-9H2,(H,15,16)(H,17,18). The maximum atomic E-state index is 13.2. The summed E-state index contributed by atoms with van der Waals surface area (Å²) in [6.45, 7) is 0.343. The molecule has 1 aromatic rings. The van der Waals surface area contributed by atoms with E-state index < -0.39 is 11.8 Å². The fourth-order valence-electron chi connectivity index (χ4n) is 1.37. The zero-order valence-corrected chi connectivity index (χ0v) is 10.4. The topological polar surface area (TPSA) is 75.6 Å². The highest BCUT2D eigenvalue weighted by Crippen LogP contribution is 2.15. The number of carbonyl (C=O) groups is 2. The first kappa shape index (κ1) is 14.9. The van der Waals surface area contributed by atoms with E-state index in [1.165, 1.54) is 12.1 Å². The van der Waals surface area contributed by atoms with Crippen LogP contribution >= 0.6 is 0 Å². The molecule has 0 saturated carbocycles. The van der Waals surface area contributed by atoms with Crippen LogP contribution in [-0.2, 0) is 9.59 Å².